The highest BCUT2D eigenvalue weighted by Gasteiger charge is 2.32. The summed E-state index contributed by atoms with van der Waals surface area (Å²) in [7, 11) is 0. The molecule has 0 atom stereocenters. The van der Waals surface area contributed by atoms with E-state index >= 15 is 0 Å². The monoisotopic (exact) mass is 465 g/mol. The van der Waals surface area contributed by atoms with Gasteiger partial charge in [0.05, 0.1) is 16.8 Å². The lowest BCUT2D eigenvalue weighted by Crippen LogP contribution is -2.35. The average molecular weight is 466 g/mol. The molecule has 0 unspecified atom stereocenters. The first-order valence-corrected chi connectivity index (χ1v) is 11.3. The third-order valence-electron chi connectivity index (χ3n) is 4.62. The van der Waals surface area contributed by atoms with E-state index in [4.69, 9.17) is 10.1 Å². The van der Waals surface area contributed by atoms with Crippen molar-refractivity contribution in [1.82, 2.24) is 19.6 Å². The van der Waals surface area contributed by atoms with Crippen molar-refractivity contribution in [2.24, 2.45) is 10.1 Å². The normalized spacial score (nSPS) is 16.7. The van der Waals surface area contributed by atoms with E-state index in [1.165, 1.54) is 44.2 Å². The summed E-state index contributed by atoms with van der Waals surface area (Å²) < 4.78 is 7.07. The third kappa shape index (κ3) is 3.74. The molecule has 3 aromatic rings. The number of carbonyl (C=O) groups excluding carboxylic acids is 1. The molecule has 4 heterocycles. The second kappa shape index (κ2) is 8.13. The maximum atomic E-state index is 12.3. The lowest BCUT2D eigenvalue weighted by molar-refractivity contribution is -0.114. The number of ether oxygens (including phenoxy) is 1. The summed E-state index contributed by atoms with van der Waals surface area (Å²) in [5.74, 6) is 0.101. The minimum atomic E-state index is -0.471. The molecular weight excluding hydrogens is 450 g/mol. The molecule has 0 saturated heterocycles. The minimum absolute atomic E-state index is 0.0105. The molecule has 0 spiro atoms. The van der Waals surface area contributed by atoms with Gasteiger partial charge in [0.2, 0.25) is 4.96 Å². The smallest absolute Gasteiger partial charge is 0.283 e. The lowest BCUT2D eigenvalue weighted by atomic mass is 10.1. The number of rotatable bonds is 5. The second-order valence-electron chi connectivity index (χ2n) is 6.74. The fourth-order valence-electron chi connectivity index (χ4n) is 3.03. The first kappa shape index (κ1) is 20.3. The van der Waals surface area contributed by atoms with Crippen LogP contribution < -0.4 is 10.3 Å². The molecule has 1 N–H and O–H groups in total. The number of benzene rings is 1. The van der Waals surface area contributed by atoms with Gasteiger partial charge in [-0.3, -0.25) is 15.0 Å². The zero-order valence-corrected chi connectivity index (χ0v) is 18.3. The molecule has 160 valence electrons. The predicted molar refractivity (Wildman–Crippen MR) is 123 cm³/mol. The zero-order valence-electron chi connectivity index (χ0n) is 16.7. The Balaban J connectivity index is 1.30. The number of nitrogens with zero attached hydrogens (tertiary/aromatic N) is 6. The number of amides is 1. The molecule has 0 aliphatic carbocycles. The summed E-state index contributed by atoms with van der Waals surface area (Å²) in [6.45, 7) is 2.11. The van der Waals surface area contributed by atoms with E-state index < -0.39 is 5.91 Å². The van der Waals surface area contributed by atoms with Gasteiger partial charge in [-0.25, -0.2) is 4.98 Å². The summed E-state index contributed by atoms with van der Waals surface area (Å²) in [6, 6.07) is 8.45. The standard InChI is InChI=1S/C20H15N7O3S2/c1-2-15-25-26-16(28)8-12(23-20(26)32-15)9-30-13-5-3-11(4-6-13)7-14-17(21)27-19(24-18(14)29)31-10-22-27/h3-8,10,21H,2,9H2,1H3/b14-7+,21-17?. The first-order chi connectivity index (χ1) is 15.5. The molecule has 10 nitrogen and oxygen atoms in total. The number of hydrazone groups is 1. The fourth-order valence-corrected chi connectivity index (χ4v) is 4.50. The quantitative estimate of drug-likeness (QED) is 0.574. The van der Waals surface area contributed by atoms with Crippen LogP contribution in [0.25, 0.3) is 11.0 Å². The van der Waals surface area contributed by atoms with Gasteiger partial charge in [0, 0.05) is 6.07 Å². The van der Waals surface area contributed by atoms with Gasteiger partial charge in [-0.05, 0) is 42.0 Å². The van der Waals surface area contributed by atoms with Crippen molar-refractivity contribution in [3.8, 4) is 5.75 Å². The number of fused-ring (bicyclic) bond motifs is 2. The highest BCUT2D eigenvalue weighted by atomic mass is 32.2. The van der Waals surface area contributed by atoms with Gasteiger partial charge < -0.3 is 4.74 Å². The molecule has 0 fully saturated rings. The molecule has 5 rings (SSSR count). The zero-order chi connectivity index (χ0) is 22.2. The van der Waals surface area contributed by atoms with Crippen LogP contribution in [0.4, 0.5) is 0 Å². The van der Waals surface area contributed by atoms with E-state index in [9.17, 15) is 9.59 Å². The van der Waals surface area contributed by atoms with Crippen molar-refractivity contribution in [1.29, 1.82) is 5.41 Å². The maximum absolute atomic E-state index is 12.3. The molecule has 1 amide bonds. The van der Waals surface area contributed by atoms with Crippen LogP contribution in [-0.2, 0) is 17.8 Å². The van der Waals surface area contributed by atoms with Crippen LogP contribution in [0.2, 0.25) is 0 Å². The summed E-state index contributed by atoms with van der Waals surface area (Å²) in [5.41, 5.74) is 2.70. The Morgan fingerprint density at radius 3 is 2.81 bits per heavy atom. The van der Waals surface area contributed by atoms with E-state index in [1.54, 1.807) is 30.3 Å². The Kier molecular flexibility index (Phi) is 5.15. The van der Waals surface area contributed by atoms with Crippen LogP contribution in [0.15, 0.2) is 50.8 Å². The highest BCUT2D eigenvalue weighted by Crippen LogP contribution is 2.25. The van der Waals surface area contributed by atoms with E-state index in [0.717, 1.165) is 17.0 Å². The Morgan fingerprint density at radius 2 is 2.03 bits per heavy atom. The Bertz CT molecular complexity index is 1400. The summed E-state index contributed by atoms with van der Waals surface area (Å²) in [5, 5.41) is 19.0. The molecule has 0 bridgehead atoms. The van der Waals surface area contributed by atoms with Crippen molar-refractivity contribution < 1.29 is 9.53 Å². The lowest BCUT2D eigenvalue weighted by Gasteiger charge is -2.20. The molecule has 32 heavy (non-hydrogen) atoms. The number of hydrogen-bond acceptors (Lipinski definition) is 9. The van der Waals surface area contributed by atoms with Crippen molar-refractivity contribution >= 4 is 56.6 Å². The van der Waals surface area contributed by atoms with Crippen molar-refractivity contribution in [2.45, 2.75) is 20.0 Å². The Hall–Kier alpha value is -3.64. The largest absolute Gasteiger partial charge is 0.487 e. The van der Waals surface area contributed by atoms with Crippen molar-refractivity contribution in [3.05, 3.63) is 62.5 Å². The molecule has 2 aliphatic rings. The van der Waals surface area contributed by atoms with Crippen LogP contribution in [0, 0.1) is 5.41 Å². The van der Waals surface area contributed by atoms with Crippen LogP contribution in [0.5, 0.6) is 5.75 Å². The van der Waals surface area contributed by atoms with Gasteiger partial charge in [0.15, 0.2) is 11.0 Å². The number of aryl methyl sites for hydroxylation is 1. The number of carbonyl (C=O) groups is 1. The molecule has 1 aromatic carbocycles. The number of amidine groups is 2. The van der Waals surface area contributed by atoms with Gasteiger partial charge >= 0.3 is 0 Å². The minimum Gasteiger partial charge on any atom is -0.487 e. The van der Waals surface area contributed by atoms with E-state index in [2.05, 4.69) is 20.2 Å². The average Bonchev–Trinajstić information content (AvgIpc) is 3.43. The van der Waals surface area contributed by atoms with Gasteiger partial charge in [0.1, 0.15) is 17.4 Å². The van der Waals surface area contributed by atoms with Gasteiger partial charge in [-0.2, -0.15) is 24.7 Å². The van der Waals surface area contributed by atoms with Crippen LogP contribution in [0.1, 0.15) is 23.2 Å². The molecule has 12 heteroatoms. The fraction of sp³-hybridized carbons (Fsp3) is 0.150. The number of hydrogen-bond donors (Lipinski definition) is 1. The van der Waals surface area contributed by atoms with Crippen LogP contribution >= 0.6 is 23.1 Å². The Labute approximate surface area is 189 Å². The summed E-state index contributed by atoms with van der Waals surface area (Å²) in [4.78, 5) is 33.5. The topological polar surface area (TPSA) is 125 Å². The maximum Gasteiger partial charge on any atom is 0.283 e. The van der Waals surface area contributed by atoms with Crippen molar-refractivity contribution in [2.75, 3.05) is 0 Å². The van der Waals surface area contributed by atoms with E-state index in [0.29, 0.717) is 21.6 Å². The first-order valence-electron chi connectivity index (χ1n) is 9.56. The number of thioether (sulfide) groups is 1. The van der Waals surface area contributed by atoms with Crippen LogP contribution in [0.3, 0.4) is 0 Å². The highest BCUT2D eigenvalue weighted by molar-refractivity contribution is 8.25. The summed E-state index contributed by atoms with van der Waals surface area (Å²) in [6.07, 6.45) is 2.34. The van der Waals surface area contributed by atoms with Gasteiger partial charge in [-0.1, -0.05) is 30.4 Å². The number of nitrogens with one attached hydrogen (secondary N) is 1. The SMILES string of the molecule is CCc1nn2c(=O)cc(COc3ccc(/C=C4\C(=N)N5N=CSC5=NC4=O)cc3)nc2s1. The Morgan fingerprint density at radius 1 is 1.22 bits per heavy atom. The molecule has 2 aromatic heterocycles. The molecule has 0 saturated carbocycles. The van der Waals surface area contributed by atoms with Crippen LogP contribution in [-0.4, -0.2) is 42.1 Å². The number of aromatic nitrogens is 3. The van der Waals surface area contributed by atoms with E-state index in [-0.39, 0.29) is 23.6 Å². The third-order valence-corrected chi connectivity index (χ3v) is 6.34. The number of aliphatic imine (C=N–C) groups is 1. The van der Waals surface area contributed by atoms with E-state index in [1.807, 2.05) is 6.92 Å². The van der Waals surface area contributed by atoms with Crippen molar-refractivity contribution in [3.63, 3.8) is 0 Å². The molecular formula is C20H15N7O3S2. The van der Waals surface area contributed by atoms with Gasteiger partial charge in [-0.15, -0.1) is 0 Å². The molecule has 0 radical (unpaired) electrons. The summed E-state index contributed by atoms with van der Waals surface area (Å²) >= 11 is 2.58. The predicted octanol–water partition coefficient (Wildman–Crippen LogP) is 2.54. The van der Waals surface area contributed by atoms with Gasteiger partial charge in [0.25, 0.3) is 11.5 Å². The molecule has 2 aliphatic heterocycles. The second-order valence-corrected chi connectivity index (χ2v) is 8.60.